The summed E-state index contributed by atoms with van der Waals surface area (Å²) in [7, 11) is 1.61. The van der Waals surface area contributed by atoms with Crippen LogP contribution in [0.3, 0.4) is 0 Å². The predicted molar refractivity (Wildman–Crippen MR) is 61.9 cm³/mol. The summed E-state index contributed by atoms with van der Waals surface area (Å²) < 4.78 is 24.8. The standard InChI is InChI=1S/C9H13ClF2N4O/c1-13-9-14-4-6(10)8(15-9)16(2-3-17)5-7(11)12/h4,7,17H,2-3,5H2,1H3,(H,13,14,15). The Hall–Kier alpha value is -1.21. The fourth-order valence-corrected chi connectivity index (χ4v) is 1.48. The Labute approximate surface area is 102 Å². The molecule has 1 heterocycles. The van der Waals surface area contributed by atoms with Crippen molar-refractivity contribution in [2.75, 3.05) is 37.0 Å². The van der Waals surface area contributed by atoms with Crippen molar-refractivity contribution < 1.29 is 13.9 Å². The molecule has 0 saturated carbocycles. The highest BCUT2D eigenvalue weighted by Gasteiger charge is 2.17. The Balaban J connectivity index is 2.98. The second kappa shape index (κ2) is 6.51. The lowest BCUT2D eigenvalue weighted by Gasteiger charge is -2.23. The minimum atomic E-state index is -2.54. The number of anilines is 2. The number of nitrogens with zero attached hydrogens (tertiary/aromatic N) is 3. The summed E-state index contributed by atoms with van der Waals surface area (Å²) in [5.74, 6) is 0.460. The molecule has 1 aromatic rings. The number of rotatable bonds is 6. The van der Waals surface area contributed by atoms with Crippen molar-refractivity contribution in [2.45, 2.75) is 6.43 Å². The topological polar surface area (TPSA) is 61.3 Å². The smallest absolute Gasteiger partial charge is 0.255 e. The van der Waals surface area contributed by atoms with Crippen molar-refractivity contribution in [3.05, 3.63) is 11.2 Å². The maximum Gasteiger partial charge on any atom is 0.255 e. The van der Waals surface area contributed by atoms with Crippen molar-refractivity contribution >= 4 is 23.4 Å². The Bertz CT molecular complexity index is 367. The fourth-order valence-electron chi connectivity index (χ4n) is 1.27. The Morgan fingerprint density at radius 1 is 1.59 bits per heavy atom. The van der Waals surface area contributed by atoms with E-state index in [0.717, 1.165) is 0 Å². The number of hydrogen-bond donors (Lipinski definition) is 2. The van der Waals surface area contributed by atoms with Crippen LogP contribution in [-0.4, -0.2) is 48.2 Å². The Morgan fingerprint density at radius 3 is 2.82 bits per heavy atom. The molecule has 8 heteroatoms. The normalized spacial score (nSPS) is 10.7. The summed E-state index contributed by atoms with van der Waals surface area (Å²) in [5.41, 5.74) is 0. The van der Waals surface area contributed by atoms with Crippen molar-refractivity contribution in [1.82, 2.24) is 9.97 Å². The van der Waals surface area contributed by atoms with Gasteiger partial charge in [-0.25, -0.2) is 13.8 Å². The summed E-state index contributed by atoms with van der Waals surface area (Å²) in [5, 5.41) is 11.7. The van der Waals surface area contributed by atoms with E-state index in [2.05, 4.69) is 15.3 Å². The third-order valence-corrected chi connectivity index (χ3v) is 2.24. The van der Waals surface area contributed by atoms with E-state index < -0.39 is 13.0 Å². The molecule has 0 aliphatic heterocycles. The fraction of sp³-hybridized carbons (Fsp3) is 0.556. The molecule has 0 fully saturated rings. The van der Waals surface area contributed by atoms with E-state index in [1.54, 1.807) is 7.05 Å². The summed E-state index contributed by atoms with van der Waals surface area (Å²) in [6.07, 6.45) is -1.21. The van der Waals surface area contributed by atoms with Crippen LogP contribution in [0.4, 0.5) is 20.5 Å². The van der Waals surface area contributed by atoms with Crippen LogP contribution in [0.1, 0.15) is 0 Å². The SMILES string of the molecule is CNc1ncc(Cl)c(N(CCO)CC(F)F)n1. The van der Waals surface area contributed by atoms with E-state index in [9.17, 15) is 8.78 Å². The molecule has 0 bridgehead atoms. The largest absolute Gasteiger partial charge is 0.395 e. The highest BCUT2D eigenvalue weighted by atomic mass is 35.5. The summed E-state index contributed by atoms with van der Waals surface area (Å²) in [6.45, 7) is -0.771. The van der Waals surface area contributed by atoms with Gasteiger partial charge in [0.05, 0.1) is 19.3 Å². The molecule has 1 rings (SSSR count). The zero-order valence-electron chi connectivity index (χ0n) is 9.20. The first-order valence-corrected chi connectivity index (χ1v) is 5.30. The zero-order chi connectivity index (χ0) is 12.8. The van der Waals surface area contributed by atoms with Crippen LogP contribution < -0.4 is 10.2 Å². The van der Waals surface area contributed by atoms with Gasteiger partial charge in [-0.2, -0.15) is 4.98 Å². The van der Waals surface area contributed by atoms with Gasteiger partial charge in [0.2, 0.25) is 5.95 Å². The quantitative estimate of drug-likeness (QED) is 0.811. The monoisotopic (exact) mass is 266 g/mol. The molecule has 0 aliphatic carbocycles. The average molecular weight is 267 g/mol. The molecule has 0 unspecified atom stereocenters. The van der Waals surface area contributed by atoms with Crippen LogP contribution in [0.25, 0.3) is 0 Å². The van der Waals surface area contributed by atoms with Gasteiger partial charge >= 0.3 is 0 Å². The molecule has 0 aromatic carbocycles. The molecular weight excluding hydrogens is 254 g/mol. The first-order valence-electron chi connectivity index (χ1n) is 4.92. The highest BCUT2D eigenvalue weighted by Crippen LogP contribution is 2.24. The van der Waals surface area contributed by atoms with E-state index in [4.69, 9.17) is 16.7 Å². The maximum atomic E-state index is 12.4. The van der Waals surface area contributed by atoms with Crippen LogP contribution in [0.5, 0.6) is 0 Å². The minimum Gasteiger partial charge on any atom is -0.395 e. The lowest BCUT2D eigenvalue weighted by Crippen LogP contribution is -2.32. The van der Waals surface area contributed by atoms with Crippen molar-refractivity contribution in [3.63, 3.8) is 0 Å². The number of alkyl halides is 2. The lowest BCUT2D eigenvalue weighted by molar-refractivity contribution is 0.152. The number of halogens is 3. The van der Waals surface area contributed by atoms with E-state index in [1.165, 1.54) is 11.1 Å². The Kier molecular flexibility index (Phi) is 5.30. The highest BCUT2D eigenvalue weighted by molar-refractivity contribution is 6.32. The van der Waals surface area contributed by atoms with Gasteiger partial charge in [-0.1, -0.05) is 11.6 Å². The molecule has 2 N–H and O–H groups in total. The summed E-state index contributed by atoms with van der Waals surface area (Å²) >= 11 is 5.85. The summed E-state index contributed by atoms with van der Waals surface area (Å²) in [4.78, 5) is 9.06. The molecule has 0 amide bonds. The van der Waals surface area contributed by atoms with Gasteiger partial charge in [0.15, 0.2) is 5.82 Å². The van der Waals surface area contributed by atoms with Gasteiger partial charge < -0.3 is 15.3 Å². The predicted octanol–water partition coefficient (Wildman–Crippen LogP) is 1.24. The molecule has 1 aromatic heterocycles. The first kappa shape index (κ1) is 13.9. The van der Waals surface area contributed by atoms with Crippen LogP contribution in [0.15, 0.2) is 6.20 Å². The second-order valence-corrected chi connectivity index (χ2v) is 3.58. The molecular formula is C9H13ClF2N4O. The minimum absolute atomic E-state index is 0.0320. The Morgan fingerprint density at radius 2 is 2.29 bits per heavy atom. The third kappa shape index (κ3) is 3.94. The van der Waals surface area contributed by atoms with Gasteiger partial charge in [0.25, 0.3) is 6.43 Å². The number of hydrogen-bond acceptors (Lipinski definition) is 5. The zero-order valence-corrected chi connectivity index (χ0v) is 9.95. The lowest BCUT2D eigenvalue weighted by atomic mass is 10.4. The number of aliphatic hydroxyl groups excluding tert-OH is 1. The molecule has 96 valence electrons. The van der Waals surface area contributed by atoms with Gasteiger partial charge in [-0.15, -0.1) is 0 Å². The van der Waals surface area contributed by atoms with Gasteiger partial charge in [-0.05, 0) is 0 Å². The van der Waals surface area contributed by atoms with Crippen LogP contribution in [0, 0.1) is 0 Å². The molecule has 17 heavy (non-hydrogen) atoms. The van der Waals surface area contributed by atoms with E-state index >= 15 is 0 Å². The van der Waals surface area contributed by atoms with E-state index in [0.29, 0.717) is 0 Å². The molecule has 0 aliphatic rings. The van der Waals surface area contributed by atoms with Gasteiger partial charge in [-0.3, -0.25) is 0 Å². The second-order valence-electron chi connectivity index (χ2n) is 3.18. The average Bonchev–Trinajstić information content (AvgIpc) is 2.28. The van der Waals surface area contributed by atoms with Crippen molar-refractivity contribution in [3.8, 4) is 0 Å². The number of aliphatic hydroxyl groups is 1. The number of nitrogens with one attached hydrogen (secondary N) is 1. The van der Waals surface area contributed by atoms with Crippen molar-refractivity contribution in [1.29, 1.82) is 0 Å². The van der Waals surface area contributed by atoms with Gasteiger partial charge in [0, 0.05) is 13.6 Å². The first-order chi connectivity index (χ1) is 8.08. The number of aromatic nitrogens is 2. The molecule has 5 nitrogen and oxygen atoms in total. The molecule has 0 radical (unpaired) electrons. The summed E-state index contributed by atoms with van der Waals surface area (Å²) in [6, 6.07) is 0. The van der Waals surface area contributed by atoms with Crippen molar-refractivity contribution in [2.24, 2.45) is 0 Å². The van der Waals surface area contributed by atoms with Crippen LogP contribution in [0.2, 0.25) is 5.02 Å². The van der Waals surface area contributed by atoms with Crippen LogP contribution in [-0.2, 0) is 0 Å². The maximum absolute atomic E-state index is 12.4. The molecule has 0 saturated heterocycles. The molecule has 0 spiro atoms. The van der Waals surface area contributed by atoms with Gasteiger partial charge in [0.1, 0.15) is 5.02 Å². The van der Waals surface area contributed by atoms with E-state index in [1.807, 2.05) is 0 Å². The van der Waals surface area contributed by atoms with Crippen LogP contribution >= 0.6 is 11.6 Å². The molecule has 0 atom stereocenters. The van der Waals surface area contributed by atoms with E-state index in [-0.39, 0.29) is 29.9 Å². The third-order valence-electron chi connectivity index (χ3n) is 1.98.